The molecule has 4 aromatic rings. The van der Waals surface area contributed by atoms with E-state index in [1.54, 1.807) is 10.9 Å². The van der Waals surface area contributed by atoms with Gasteiger partial charge in [-0.3, -0.25) is 4.79 Å². The molecule has 8 heteroatoms. The van der Waals surface area contributed by atoms with Crippen molar-refractivity contribution in [1.29, 1.82) is 0 Å². The lowest BCUT2D eigenvalue weighted by atomic mass is 10.3. The van der Waals surface area contributed by atoms with Gasteiger partial charge < -0.3 is 9.73 Å². The predicted molar refractivity (Wildman–Crippen MR) is 93.9 cm³/mol. The largest absolute Gasteiger partial charge is 0.462 e. The van der Waals surface area contributed by atoms with Crippen LogP contribution in [-0.4, -0.2) is 25.9 Å². The summed E-state index contributed by atoms with van der Waals surface area (Å²) in [5.74, 6) is 0.614. The van der Waals surface area contributed by atoms with E-state index in [0.29, 0.717) is 6.54 Å². The Morgan fingerprint density at radius 1 is 1.28 bits per heavy atom. The van der Waals surface area contributed by atoms with Crippen LogP contribution in [0.4, 0.5) is 0 Å². The zero-order valence-corrected chi connectivity index (χ0v) is 14.3. The molecule has 7 nitrogen and oxygen atoms in total. The van der Waals surface area contributed by atoms with Gasteiger partial charge in [0, 0.05) is 4.88 Å². The van der Waals surface area contributed by atoms with Crippen molar-refractivity contribution in [1.82, 2.24) is 25.3 Å². The fraction of sp³-hybridized carbons (Fsp3) is 0.176. The average molecular weight is 353 g/mol. The number of carbonyl (C=O) groups excluding carboxylic acids is 1. The van der Waals surface area contributed by atoms with E-state index in [1.807, 2.05) is 43.3 Å². The molecule has 0 saturated heterocycles. The van der Waals surface area contributed by atoms with Crippen molar-refractivity contribution in [2.75, 3.05) is 0 Å². The van der Waals surface area contributed by atoms with Crippen LogP contribution in [0.2, 0.25) is 0 Å². The van der Waals surface area contributed by atoms with Gasteiger partial charge in [-0.15, -0.1) is 16.4 Å². The SMILES string of the molecule is Cc1nc(-c2ccco2)sc1CNC(=O)Cn1nnc2ccccc21. The number of aromatic nitrogens is 4. The number of furan rings is 1. The van der Waals surface area contributed by atoms with Crippen molar-refractivity contribution in [2.24, 2.45) is 0 Å². The summed E-state index contributed by atoms with van der Waals surface area (Å²) in [6.07, 6.45) is 1.62. The van der Waals surface area contributed by atoms with E-state index in [2.05, 4.69) is 20.6 Å². The summed E-state index contributed by atoms with van der Waals surface area (Å²) in [5.41, 5.74) is 2.51. The van der Waals surface area contributed by atoms with E-state index in [0.717, 1.165) is 32.4 Å². The number of hydrogen-bond acceptors (Lipinski definition) is 6. The lowest BCUT2D eigenvalue weighted by Crippen LogP contribution is -2.27. The third kappa shape index (κ3) is 3.16. The van der Waals surface area contributed by atoms with E-state index in [1.165, 1.54) is 11.3 Å². The lowest BCUT2D eigenvalue weighted by Gasteiger charge is -2.04. The standard InChI is InChI=1S/C17H15N5O2S/c1-11-15(25-17(19-11)14-7-4-8-24-14)9-18-16(23)10-22-13-6-3-2-5-12(13)20-21-22/h2-8H,9-10H2,1H3,(H,18,23). The molecule has 3 aromatic heterocycles. The number of rotatable bonds is 5. The van der Waals surface area contributed by atoms with Gasteiger partial charge in [0.05, 0.1) is 24.0 Å². The van der Waals surface area contributed by atoms with Gasteiger partial charge in [-0.2, -0.15) is 0 Å². The molecular formula is C17H15N5O2S. The minimum absolute atomic E-state index is 0.122. The molecule has 0 saturated carbocycles. The highest BCUT2D eigenvalue weighted by Gasteiger charge is 2.13. The molecule has 0 fully saturated rings. The quantitative estimate of drug-likeness (QED) is 0.596. The van der Waals surface area contributed by atoms with Crippen molar-refractivity contribution in [2.45, 2.75) is 20.0 Å². The van der Waals surface area contributed by atoms with Gasteiger partial charge in [0.2, 0.25) is 5.91 Å². The minimum atomic E-state index is -0.122. The molecule has 0 spiro atoms. The fourth-order valence-corrected chi connectivity index (χ4v) is 3.47. The van der Waals surface area contributed by atoms with Crippen molar-refractivity contribution >= 4 is 28.3 Å². The van der Waals surface area contributed by atoms with Gasteiger partial charge in [0.1, 0.15) is 12.1 Å². The van der Waals surface area contributed by atoms with Crippen molar-refractivity contribution in [3.05, 3.63) is 53.2 Å². The van der Waals surface area contributed by atoms with Crippen LogP contribution in [0, 0.1) is 6.92 Å². The number of thiazole rings is 1. The van der Waals surface area contributed by atoms with E-state index < -0.39 is 0 Å². The summed E-state index contributed by atoms with van der Waals surface area (Å²) in [7, 11) is 0. The lowest BCUT2D eigenvalue weighted by molar-refractivity contribution is -0.121. The van der Waals surface area contributed by atoms with Crippen LogP contribution in [0.5, 0.6) is 0 Å². The number of hydrogen-bond donors (Lipinski definition) is 1. The molecule has 0 aliphatic heterocycles. The Bertz CT molecular complexity index is 1020. The smallest absolute Gasteiger partial charge is 0.242 e. The summed E-state index contributed by atoms with van der Waals surface area (Å²) in [5, 5.41) is 11.8. The van der Waals surface area contributed by atoms with Crippen LogP contribution in [-0.2, 0) is 17.9 Å². The van der Waals surface area contributed by atoms with E-state index in [-0.39, 0.29) is 12.5 Å². The second kappa shape index (κ2) is 6.48. The molecular weight excluding hydrogens is 338 g/mol. The van der Waals surface area contributed by atoms with Gasteiger partial charge in [0.15, 0.2) is 10.8 Å². The number of fused-ring (bicyclic) bond motifs is 1. The van der Waals surface area contributed by atoms with Crippen LogP contribution in [0.3, 0.4) is 0 Å². The molecule has 3 heterocycles. The molecule has 25 heavy (non-hydrogen) atoms. The van der Waals surface area contributed by atoms with Crippen molar-refractivity contribution in [3.8, 4) is 10.8 Å². The highest BCUT2D eigenvalue weighted by molar-refractivity contribution is 7.15. The monoisotopic (exact) mass is 353 g/mol. The molecule has 0 unspecified atom stereocenters. The zero-order chi connectivity index (χ0) is 17.2. The van der Waals surface area contributed by atoms with Crippen LogP contribution in [0.25, 0.3) is 21.8 Å². The number of nitrogens with zero attached hydrogens (tertiary/aromatic N) is 4. The summed E-state index contributed by atoms with van der Waals surface area (Å²) < 4.78 is 6.96. The number of benzene rings is 1. The Morgan fingerprint density at radius 2 is 2.16 bits per heavy atom. The Hall–Kier alpha value is -3.00. The van der Waals surface area contributed by atoms with Gasteiger partial charge in [-0.1, -0.05) is 17.3 Å². The Labute approximate surface area is 147 Å². The molecule has 0 aliphatic carbocycles. The van der Waals surface area contributed by atoms with Gasteiger partial charge >= 0.3 is 0 Å². The Morgan fingerprint density at radius 3 is 3.00 bits per heavy atom. The predicted octanol–water partition coefficient (Wildman–Crippen LogP) is 2.77. The summed E-state index contributed by atoms with van der Waals surface area (Å²) >= 11 is 1.52. The van der Waals surface area contributed by atoms with E-state index in [4.69, 9.17) is 4.42 Å². The van der Waals surface area contributed by atoms with Crippen molar-refractivity contribution in [3.63, 3.8) is 0 Å². The van der Waals surface area contributed by atoms with E-state index >= 15 is 0 Å². The molecule has 126 valence electrons. The van der Waals surface area contributed by atoms with Crippen molar-refractivity contribution < 1.29 is 9.21 Å². The normalized spacial score (nSPS) is 11.1. The molecule has 4 rings (SSSR count). The second-order valence-electron chi connectivity index (χ2n) is 5.52. The van der Waals surface area contributed by atoms with Crippen LogP contribution in [0.15, 0.2) is 47.1 Å². The van der Waals surface area contributed by atoms with Gasteiger partial charge in [-0.05, 0) is 31.2 Å². The van der Waals surface area contributed by atoms with E-state index in [9.17, 15) is 4.79 Å². The maximum absolute atomic E-state index is 12.2. The topological polar surface area (TPSA) is 85.8 Å². The maximum atomic E-state index is 12.2. The van der Waals surface area contributed by atoms with Crippen LogP contribution >= 0.6 is 11.3 Å². The van der Waals surface area contributed by atoms with Gasteiger partial charge in [0.25, 0.3) is 0 Å². The second-order valence-corrected chi connectivity index (χ2v) is 6.60. The number of para-hydroxylation sites is 1. The molecule has 0 aliphatic rings. The first-order valence-electron chi connectivity index (χ1n) is 7.76. The maximum Gasteiger partial charge on any atom is 0.242 e. The summed E-state index contributed by atoms with van der Waals surface area (Å²) in [6, 6.07) is 11.3. The molecule has 0 atom stereocenters. The number of aryl methyl sites for hydroxylation is 1. The molecule has 1 N–H and O–H groups in total. The zero-order valence-electron chi connectivity index (χ0n) is 13.5. The molecule has 1 amide bonds. The Kier molecular flexibility index (Phi) is 4.02. The first-order chi connectivity index (χ1) is 12.2. The first-order valence-corrected chi connectivity index (χ1v) is 8.57. The first kappa shape index (κ1) is 15.5. The number of nitrogens with one attached hydrogen (secondary N) is 1. The summed E-state index contributed by atoms with van der Waals surface area (Å²) in [6.45, 7) is 2.48. The average Bonchev–Trinajstić information content (AvgIpc) is 3.34. The highest BCUT2D eigenvalue weighted by Crippen LogP contribution is 2.28. The Balaban J connectivity index is 1.42. The molecule has 1 aromatic carbocycles. The van der Waals surface area contributed by atoms with Gasteiger partial charge in [-0.25, -0.2) is 9.67 Å². The third-order valence-corrected chi connectivity index (χ3v) is 4.96. The number of amides is 1. The third-order valence-electron chi connectivity index (χ3n) is 3.78. The molecule has 0 bridgehead atoms. The minimum Gasteiger partial charge on any atom is -0.462 e. The highest BCUT2D eigenvalue weighted by atomic mass is 32.1. The van der Waals surface area contributed by atoms with Crippen LogP contribution in [0.1, 0.15) is 10.6 Å². The summed E-state index contributed by atoms with van der Waals surface area (Å²) in [4.78, 5) is 17.7. The fourth-order valence-electron chi connectivity index (χ4n) is 2.50. The van der Waals surface area contributed by atoms with Crippen LogP contribution < -0.4 is 5.32 Å². The molecule has 0 radical (unpaired) electrons. The number of carbonyl (C=O) groups is 1.